The molecule has 5 nitrogen and oxygen atoms in total. The van der Waals surface area contributed by atoms with Gasteiger partial charge in [-0.1, -0.05) is 45.2 Å². The minimum atomic E-state index is -4.62. The first-order valence-electron chi connectivity index (χ1n) is 8.06. The van der Waals surface area contributed by atoms with Crippen LogP contribution in [0.4, 0.5) is 17.6 Å². The lowest BCUT2D eigenvalue weighted by atomic mass is 10.2. The van der Waals surface area contributed by atoms with Crippen LogP contribution in [0.5, 0.6) is 11.5 Å². The standard InChI is InChI=1S/C18H10BrCl2F4N3O2/c19-10-3-9(18(23,24)25)4-11(5-10)30-15-12(20)2-1-8(13(15)22)6-26-17(29)14-16(21)28-7-27-14/h1-5,7H,6H2,(H,26,29)(H,27,28). The van der Waals surface area contributed by atoms with Crippen LogP contribution >= 0.6 is 39.1 Å². The lowest BCUT2D eigenvalue weighted by Crippen LogP contribution is -2.24. The van der Waals surface area contributed by atoms with Gasteiger partial charge in [-0.15, -0.1) is 0 Å². The number of benzene rings is 2. The van der Waals surface area contributed by atoms with Crippen molar-refractivity contribution in [1.29, 1.82) is 0 Å². The molecule has 0 bridgehead atoms. The number of hydrogen-bond acceptors (Lipinski definition) is 3. The summed E-state index contributed by atoms with van der Waals surface area (Å²) >= 11 is 14.7. The van der Waals surface area contributed by atoms with Gasteiger partial charge in [0.2, 0.25) is 0 Å². The number of nitrogens with zero attached hydrogens (tertiary/aromatic N) is 1. The predicted octanol–water partition coefficient (Wildman–Crippen LogP) is 6.36. The van der Waals surface area contributed by atoms with E-state index in [1.54, 1.807) is 0 Å². The molecule has 0 radical (unpaired) electrons. The molecule has 1 aromatic heterocycles. The van der Waals surface area contributed by atoms with Gasteiger partial charge in [0, 0.05) is 16.6 Å². The van der Waals surface area contributed by atoms with Crippen LogP contribution in [0.15, 0.2) is 41.1 Å². The molecule has 0 atom stereocenters. The molecule has 0 aliphatic rings. The third-order valence-corrected chi connectivity index (χ3v) is 4.84. The zero-order valence-corrected chi connectivity index (χ0v) is 17.7. The van der Waals surface area contributed by atoms with Crippen molar-refractivity contribution >= 4 is 45.0 Å². The Morgan fingerprint density at radius 2 is 1.97 bits per heavy atom. The second kappa shape index (κ2) is 8.83. The fourth-order valence-electron chi connectivity index (χ4n) is 2.40. The molecule has 12 heteroatoms. The summed E-state index contributed by atoms with van der Waals surface area (Å²) < 4.78 is 59.3. The molecule has 1 amide bonds. The van der Waals surface area contributed by atoms with E-state index in [9.17, 15) is 22.4 Å². The number of halogens is 7. The van der Waals surface area contributed by atoms with Crippen LogP contribution in [0, 0.1) is 5.82 Å². The number of aromatic amines is 1. The van der Waals surface area contributed by atoms with Crippen molar-refractivity contribution in [3.05, 3.63) is 73.9 Å². The van der Waals surface area contributed by atoms with Gasteiger partial charge in [-0.25, -0.2) is 9.37 Å². The Bertz CT molecular complexity index is 1110. The first kappa shape index (κ1) is 22.4. The fraction of sp³-hybridized carbons (Fsp3) is 0.111. The Balaban J connectivity index is 1.84. The van der Waals surface area contributed by atoms with Gasteiger partial charge in [-0.3, -0.25) is 4.79 Å². The number of nitrogens with one attached hydrogen (secondary N) is 2. The van der Waals surface area contributed by atoms with Crippen LogP contribution in [0.25, 0.3) is 0 Å². The number of carbonyl (C=O) groups excluding carboxylic acids is 1. The summed E-state index contributed by atoms with van der Waals surface area (Å²) in [5.41, 5.74) is -1.07. The molecule has 1 heterocycles. The topological polar surface area (TPSA) is 67.0 Å². The van der Waals surface area contributed by atoms with E-state index in [0.29, 0.717) is 6.07 Å². The number of rotatable bonds is 5. The Labute approximate surface area is 185 Å². The molecule has 0 aliphatic heterocycles. The molecule has 0 spiro atoms. The minimum absolute atomic E-state index is 0.0135. The lowest BCUT2D eigenvalue weighted by Gasteiger charge is -2.14. The van der Waals surface area contributed by atoms with Crippen LogP contribution < -0.4 is 10.1 Å². The molecular weight excluding hydrogens is 517 g/mol. The molecule has 2 N–H and O–H groups in total. The fourth-order valence-corrected chi connectivity index (χ4v) is 3.24. The molecule has 0 unspecified atom stereocenters. The number of carbonyl (C=O) groups is 1. The second-order valence-corrected chi connectivity index (χ2v) is 7.57. The number of aromatic nitrogens is 2. The summed E-state index contributed by atoms with van der Waals surface area (Å²) in [5.74, 6) is -2.35. The number of H-pyrrole nitrogens is 1. The maximum Gasteiger partial charge on any atom is 0.416 e. The maximum absolute atomic E-state index is 14.9. The van der Waals surface area contributed by atoms with Crippen molar-refractivity contribution in [2.75, 3.05) is 0 Å². The van der Waals surface area contributed by atoms with Crippen molar-refractivity contribution in [3.63, 3.8) is 0 Å². The van der Waals surface area contributed by atoms with Gasteiger partial charge in [0.1, 0.15) is 10.9 Å². The van der Waals surface area contributed by atoms with Gasteiger partial charge < -0.3 is 15.0 Å². The van der Waals surface area contributed by atoms with E-state index in [0.717, 1.165) is 6.07 Å². The highest BCUT2D eigenvalue weighted by atomic mass is 79.9. The molecule has 0 aliphatic carbocycles. The third kappa shape index (κ3) is 5.05. The average Bonchev–Trinajstić information content (AvgIpc) is 3.09. The monoisotopic (exact) mass is 525 g/mol. The van der Waals surface area contributed by atoms with Crippen molar-refractivity contribution in [3.8, 4) is 11.5 Å². The smallest absolute Gasteiger partial charge is 0.416 e. The molecule has 0 saturated heterocycles. The summed E-state index contributed by atoms with van der Waals surface area (Å²) in [4.78, 5) is 18.3. The molecule has 3 rings (SSSR count). The zero-order valence-electron chi connectivity index (χ0n) is 14.6. The summed E-state index contributed by atoms with van der Waals surface area (Å²) in [7, 11) is 0. The summed E-state index contributed by atoms with van der Waals surface area (Å²) in [6.07, 6.45) is -3.40. The minimum Gasteiger partial charge on any atom is -0.453 e. The van der Waals surface area contributed by atoms with E-state index in [1.807, 2.05) is 0 Å². The van der Waals surface area contributed by atoms with Crippen LogP contribution in [0.2, 0.25) is 10.2 Å². The van der Waals surface area contributed by atoms with E-state index in [1.165, 1.54) is 24.5 Å². The molecular formula is C18H10BrCl2F4N3O2. The van der Waals surface area contributed by atoms with E-state index < -0.39 is 29.2 Å². The van der Waals surface area contributed by atoms with Gasteiger partial charge in [-0.2, -0.15) is 13.2 Å². The lowest BCUT2D eigenvalue weighted by molar-refractivity contribution is -0.137. The Kier molecular flexibility index (Phi) is 6.59. The second-order valence-electron chi connectivity index (χ2n) is 5.87. The first-order valence-corrected chi connectivity index (χ1v) is 9.60. The summed E-state index contributed by atoms with van der Waals surface area (Å²) in [6, 6.07) is 5.41. The average molecular weight is 527 g/mol. The van der Waals surface area contributed by atoms with Crippen LogP contribution in [-0.2, 0) is 12.7 Å². The highest BCUT2D eigenvalue weighted by Gasteiger charge is 2.31. The highest BCUT2D eigenvalue weighted by molar-refractivity contribution is 9.10. The van der Waals surface area contributed by atoms with Crippen molar-refractivity contribution in [1.82, 2.24) is 15.3 Å². The van der Waals surface area contributed by atoms with Gasteiger partial charge >= 0.3 is 6.18 Å². The highest BCUT2D eigenvalue weighted by Crippen LogP contribution is 2.38. The van der Waals surface area contributed by atoms with Crippen LogP contribution in [0.3, 0.4) is 0 Å². The maximum atomic E-state index is 14.9. The zero-order chi connectivity index (χ0) is 22.1. The van der Waals surface area contributed by atoms with Crippen molar-refractivity contribution in [2.45, 2.75) is 12.7 Å². The number of hydrogen-bond donors (Lipinski definition) is 2. The summed E-state index contributed by atoms with van der Waals surface area (Å²) in [6.45, 7) is -0.270. The van der Waals surface area contributed by atoms with Gasteiger partial charge in [-0.05, 0) is 24.3 Å². The quantitative estimate of drug-likeness (QED) is 0.380. The molecule has 0 fully saturated rings. The van der Waals surface area contributed by atoms with Gasteiger partial charge in [0.25, 0.3) is 5.91 Å². The Morgan fingerprint density at radius 3 is 2.60 bits per heavy atom. The number of ether oxygens (including phenoxy) is 1. The van der Waals surface area contributed by atoms with E-state index in [4.69, 9.17) is 27.9 Å². The number of imidazole rings is 1. The van der Waals surface area contributed by atoms with E-state index in [2.05, 4.69) is 31.2 Å². The van der Waals surface area contributed by atoms with E-state index in [-0.39, 0.29) is 38.2 Å². The predicted molar refractivity (Wildman–Crippen MR) is 105 cm³/mol. The van der Waals surface area contributed by atoms with E-state index >= 15 is 0 Å². The Hall–Kier alpha value is -2.30. The molecule has 0 saturated carbocycles. The normalized spacial score (nSPS) is 11.4. The molecule has 158 valence electrons. The van der Waals surface area contributed by atoms with Crippen molar-refractivity contribution < 1.29 is 27.1 Å². The largest absolute Gasteiger partial charge is 0.453 e. The molecule has 3 aromatic rings. The van der Waals surface area contributed by atoms with Crippen LogP contribution in [-0.4, -0.2) is 15.9 Å². The number of alkyl halides is 3. The molecule has 2 aromatic carbocycles. The summed E-state index contributed by atoms with van der Waals surface area (Å²) in [5, 5.41) is 2.29. The van der Waals surface area contributed by atoms with Gasteiger partial charge in [0.15, 0.2) is 17.3 Å². The Morgan fingerprint density at radius 1 is 1.23 bits per heavy atom. The molecule has 30 heavy (non-hydrogen) atoms. The van der Waals surface area contributed by atoms with Crippen LogP contribution in [0.1, 0.15) is 21.6 Å². The SMILES string of the molecule is O=C(NCc1ccc(Cl)c(Oc2cc(Br)cc(C(F)(F)F)c2)c1F)c1nc[nH]c1Cl. The third-order valence-electron chi connectivity index (χ3n) is 3.79. The van der Waals surface area contributed by atoms with Crippen molar-refractivity contribution in [2.24, 2.45) is 0 Å². The number of amides is 1. The van der Waals surface area contributed by atoms with Gasteiger partial charge in [0.05, 0.1) is 16.9 Å². The first-order chi connectivity index (χ1) is 14.1.